The molecule has 190 valence electrons. The fraction of sp³-hybridized carbons (Fsp3) is 0.208. The molecule has 0 saturated carbocycles. The molecule has 0 unspecified atom stereocenters. The summed E-state index contributed by atoms with van der Waals surface area (Å²) in [4.78, 5) is 12.1. The zero-order valence-corrected chi connectivity index (χ0v) is 20.6. The Morgan fingerprint density at radius 3 is 2.43 bits per heavy atom. The zero-order chi connectivity index (χ0) is 26.5. The SMILES string of the molecule is CCS(=O)(=O)c1cc(-c2cccc(-c3nnc(C)o3)c2)cnc1-c1nc2cc(C(F)(F)F)ncc2n1C. The number of sulfone groups is 1. The first kappa shape index (κ1) is 24.6. The van der Waals surface area contributed by atoms with Gasteiger partial charge in [-0.2, -0.15) is 13.2 Å². The highest BCUT2D eigenvalue weighted by molar-refractivity contribution is 7.91. The molecular formula is C24H19F3N6O3S. The summed E-state index contributed by atoms with van der Waals surface area (Å²) in [7, 11) is -2.24. The summed E-state index contributed by atoms with van der Waals surface area (Å²) in [5.74, 6) is 0.611. The second-order valence-electron chi connectivity index (χ2n) is 8.23. The van der Waals surface area contributed by atoms with Gasteiger partial charge < -0.3 is 8.98 Å². The maximum absolute atomic E-state index is 13.2. The lowest BCUT2D eigenvalue weighted by Gasteiger charge is -2.11. The fourth-order valence-electron chi connectivity index (χ4n) is 3.86. The highest BCUT2D eigenvalue weighted by atomic mass is 32.2. The van der Waals surface area contributed by atoms with Crippen LogP contribution in [0.4, 0.5) is 13.2 Å². The normalized spacial score (nSPS) is 12.4. The van der Waals surface area contributed by atoms with Crippen LogP contribution in [0.3, 0.4) is 0 Å². The molecule has 1 aromatic carbocycles. The molecule has 5 rings (SSSR count). The van der Waals surface area contributed by atoms with Gasteiger partial charge in [0, 0.05) is 31.3 Å². The second-order valence-corrected chi connectivity index (χ2v) is 10.5. The smallest absolute Gasteiger partial charge is 0.421 e. The van der Waals surface area contributed by atoms with Crippen molar-refractivity contribution in [3.63, 3.8) is 0 Å². The number of nitrogens with zero attached hydrogens (tertiary/aromatic N) is 6. The molecule has 9 nitrogen and oxygen atoms in total. The minimum atomic E-state index is -4.64. The van der Waals surface area contributed by atoms with Gasteiger partial charge in [0.25, 0.3) is 0 Å². The zero-order valence-electron chi connectivity index (χ0n) is 19.8. The van der Waals surface area contributed by atoms with E-state index < -0.39 is 21.7 Å². The van der Waals surface area contributed by atoms with Crippen molar-refractivity contribution in [3.8, 4) is 34.1 Å². The quantitative estimate of drug-likeness (QED) is 0.317. The van der Waals surface area contributed by atoms with Crippen LogP contribution in [0.1, 0.15) is 18.5 Å². The van der Waals surface area contributed by atoms with Crippen LogP contribution < -0.4 is 0 Å². The fourth-order valence-corrected chi connectivity index (χ4v) is 4.92. The topological polar surface area (TPSA) is 117 Å². The maximum Gasteiger partial charge on any atom is 0.433 e. The van der Waals surface area contributed by atoms with Crippen LogP contribution in [0.5, 0.6) is 0 Å². The molecule has 4 aromatic heterocycles. The monoisotopic (exact) mass is 528 g/mol. The van der Waals surface area contributed by atoms with Gasteiger partial charge >= 0.3 is 6.18 Å². The summed E-state index contributed by atoms with van der Waals surface area (Å²) in [6, 6.07) is 9.41. The molecular weight excluding hydrogens is 509 g/mol. The van der Waals surface area contributed by atoms with E-state index >= 15 is 0 Å². The molecule has 0 fully saturated rings. The Hall–Kier alpha value is -4.13. The van der Waals surface area contributed by atoms with Crippen LogP contribution in [0, 0.1) is 6.92 Å². The summed E-state index contributed by atoms with van der Waals surface area (Å²) in [6.07, 6.45) is -2.10. The third-order valence-electron chi connectivity index (χ3n) is 5.81. The van der Waals surface area contributed by atoms with Gasteiger partial charge in [-0.15, -0.1) is 10.2 Å². The van der Waals surface area contributed by atoms with E-state index in [1.807, 2.05) is 0 Å². The summed E-state index contributed by atoms with van der Waals surface area (Å²) in [6.45, 7) is 3.17. The van der Waals surface area contributed by atoms with E-state index in [-0.39, 0.29) is 27.7 Å². The van der Waals surface area contributed by atoms with Gasteiger partial charge in [0.2, 0.25) is 11.8 Å². The van der Waals surface area contributed by atoms with Crippen molar-refractivity contribution in [2.24, 2.45) is 7.05 Å². The number of halogens is 3. The predicted molar refractivity (Wildman–Crippen MR) is 128 cm³/mol. The summed E-state index contributed by atoms with van der Waals surface area (Å²) >= 11 is 0. The Labute approximate surface area is 209 Å². The van der Waals surface area contributed by atoms with Crippen molar-refractivity contribution in [3.05, 3.63) is 60.4 Å². The molecule has 0 aliphatic carbocycles. The minimum Gasteiger partial charge on any atom is -0.421 e. The molecule has 0 bridgehead atoms. The molecule has 0 aliphatic heterocycles. The first-order valence-corrected chi connectivity index (χ1v) is 12.7. The average Bonchev–Trinajstić information content (AvgIpc) is 3.46. The van der Waals surface area contributed by atoms with Crippen molar-refractivity contribution in [1.82, 2.24) is 29.7 Å². The second kappa shape index (κ2) is 8.76. The summed E-state index contributed by atoms with van der Waals surface area (Å²) in [5, 5.41) is 7.84. The van der Waals surface area contributed by atoms with Crippen LogP contribution in [-0.2, 0) is 23.1 Å². The molecule has 0 amide bonds. The average molecular weight is 529 g/mol. The summed E-state index contributed by atoms with van der Waals surface area (Å²) in [5.41, 5.74) is 1.07. The maximum atomic E-state index is 13.2. The highest BCUT2D eigenvalue weighted by Crippen LogP contribution is 2.34. The van der Waals surface area contributed by atoms with E-state index in [2.05, 4.69) is 25.1 Å². The molecule has 13 heteroatoms. The van der Waals surface area contributed by atoms with Gasteiger partial charge in [-0.3, -0.25) is 4.98 Å². The van der Waals surface area contributed by atoms with Gasteiger partial charge in [0.15, 0.2) is 15.7 Å². The van der Waals surface area contributed by atoms with Gasteiger partial charge in [-0.25, -0.2) is 18.4 Å². The van der Waals surface area contributed by atoms with Crippen molar-refractivity contribution < 1.29 is 26.0 Å². The number of hydrogen-bond donors (Lipinski definition) is 0. The third kappa shape index (κ3) is 4.46. The van der Waals surface area contributed by atoms with E-state index in [1.165, 1.54) is 23.8 Å². The van der Waals surface area contributed by atoms with Crippen LogP contribution in [0.15, 0.2) is 58.1 Å². The van der Waals surface area contributed by atoms with Crippen molar-refractivity contribution in [1.29, 1.82) is 0 Å². The van der Waals surface area contributed by atoms with Gasteiger partial charge in [-0.1, -0.05) is 19.1 Å². The lowest BCUT2D eigenvalue weighted by molar-refractivity contribution is -0.141. The number of aryl methyl sites for hydroxylation is 2. The molecule has 0 radical (unpaired) electrons. The molecule has 0 atom stereocenters. The van der Waals surface area contributed by atoms with Crippen molar-refractivity contribution in [2.75, 3.05) is 5.75 Å². The van der Waals surface area contributed by atoms with Gasteiger partial charge in [0.05, 0.1) is 27.9 Å². The Morgan fingerprint density at radius 1 is 1.00 bits per heavy atom. The van der Waals surface area contributed by atoms with Crippen LogP contribution >= 0.6 is 0 Å². The van der Waals surface area contributed by atoms with Crippen LogP contribution in [-0.4, -0.2) is 43.9 Å². The first-order valence-electron chi connectivity index (χ1n) is 11.0. The number of hydrogen-bond acceptors (Lipinski definition) is 8. The Balaban J connectivity index is 1.66. The number of rotatable bonds is 5. The van der Waals surface area contributed by atoms with E-state index in [0.717, 1.165) is 12.3 Å². The molecule has 0 N–H and O–H groups in total. The lowest BCUT2D eigenvalue weighted by Crippen LogP contribution is -2.09. The number of alkyl halides is 3. The van der Waals surface area contributed by atoms with Crippen LogP contribution in [0.25, 0.3) is 45.1 Å². The number of pyridine rings is 2. The molecule has 4 heterocycles. The Kier molecular flexibility index (Phi) is 5.82. The van der Waals surface area contributed by atoms with Gasteiger partial charge in [-0.05, 0) is 29.8 Å². The Morgan fingerprint density at radius 2 is 1.76 bits per heavy atom. The van der Waals surface area contributed by atoms with E-state index in [0.29, 0.717) is 34.0 Å². The van der Waals surface area contributed by atoms with Crippen molar-refractivity contribution in [2.45, 2.75) is 24.9 Å². The predicted octanol–water partition coefficient (Wildman–Crippen LogP) is 4.87. The number of benzene rings is 1. The number of imidazole rings is 1. The third-order valence-corrected chi connectivity index (χ3v) is 7.55. The molecule has 0 saturated heterocycles. The number of aromatic nitrogens is 6. The summed E-state index contributed by atoms with van der Waals surface area (Å²) < 4.78 is 72.6. The minimum absolute atomic E-state index is 0.0214. The van der Waals surface area contributed by atoms with E-state index in [1.54, 1.807) is 38.2 Å². The largest absolute Gasteiger partial charge is 0.433 e. The lowest BCUT2D eigenvalue weighted by atomic mass is 10.0. The van der Waals surface area contributed by atoms with Crippen LogP contribution in [0.2, 0.25) is 0 Å². The number of fused-ring (bicyclic) bond motifs is 1. The van der Waals surface area contributed by atoms with Crippen molar-refractivity contribution >= 4 is 20.9 Å². The molecule has 0 aliphatic rings. The first-order chi connectivity index (χ1) is 17.5. The molecule has 0 spiro atoms. The Bertz CT molecular complexity index is 1760. The highest BCUT2D eigenvalue weighted by Gasteiger charge is 2.33. The standard InChI is InChI=1S/C24H19F3N6O3S/c1-4-37(34,35)19-9-16(14-6-5-7-15(8-14)23-32-31-13(2)36-23)11-29-21(19)22-30-17-10-20(24(25,26)27)28-12-18(17)33(22)3/h5-12H,4H2,1-3H3. The van der Waals surface area contributed by atoms with E-state index in [9.17, 15) is 21.6 Å². The molecule has 5 aromatic rings. The molecule has 37 heavy (non-hydrogen) atoms. The van der Waals surface area contributed by atoms with E-state index in [4.69, 9.17) is 4.42 Å². The van der Waals surface area contributed by atoms with Gasteiger partial charge in [0.1, 0.15) is 11.4 Å².